The molecule has 1 atom stereocenters. The summed E-state index contributed by atoms with van der Waals surface area (Å²) in [5.41, 5.74) is 1.06. The number of hydrogen-bond acceptors (Lipinski definition) is 4. The fraction of sp³-hybridized carbons (Fsp3) is 0.538. The molecule has 1 heterocycles. The lowest BCUT2D eigenvalue weighted by Crippen LogP contribution is -2.35. The normalized spacial score (nSPS) is 19.6. The van der Waals surface area contributed by atoms with Gasteiger partial charge in [-0.1, -0.05) is 0 Å². The molecule has 1 aliphatic heterocycles. The summed E-state index contributed by atoms with van der Waals surface area (Å²) < 4.78 is 12.3. The summed E-state index contributed by atoms with van der Waals surface area (Å²) in [7, 11) is 1.98. The Hall–Kier alpha value is -1.69. The van der Waals surface area contributed by atoms with Gasteiger partial charge in [0, 0.05) is 50.5 Å². The molecule has 1 aromatic carbocycles. The molecule has 0 spiro atoms. The number of nitrogens with zero attached hydrogens (tertiary/aromatic N) is 3. The number of non-ortho nitro benzene ring substituents is 1. The van der Waals surface area contributed by atoms with Crippen molar-refractivity contribution in [2.24, 2.45) is 0 Å². The molecular formula is C13H18FN3O2. The zero-order valence-electron chi connectivity index (χ0n) is 11.0. The lowest BCUT2D eigenvalue weighted by Gasteiger charge is -2.26. The number of rotatable bonds is 5. The molecule has 5 nitrogen and oxygen atoms in total. The van der Waals surface area contributed by atoms with Gasteiger partial charge in [-0.2, -0.15) is 0 Å². The zero-order valence-corrected chi connectivity index (χ0v) is 11.0. The van der Waals surface area contributed by atoms with Crippen LogP contribution >= 0.6 is 0 Å². The van der Waals surface area contributed by atoms with Gasteiger partial charge in [-0.15, -0.1) is 0 Å². The standard InChI is InChI=1S/C13H18FN3O2/c1-15(13-6-8-16(10-13)9-7-14)11-2-4-12(5-3-11)17(18)19/h2-5,13H,6-10H2,1H3/t13-/m0/s1. The summed E-state index contributed by atoms with van der Waals surface area (Å²) in [6.07, 6.45) is 0.994. The highest BCUT2D eigenvalue weighted by Gasteiger charge is 2.25. The highest BCUT2D eigenvalue weighted by Crippen LogP contribution is 2.23. The predicted molar refractivity (Wildman–Crippen MR) is 72.3 cm³/mol. The number of halogens is 1. The molecule has 0 radical (unpaired) electrons. The van der Waals surface area contributed by atoms with Gasteiger partial charge in [-0.25, -0.2) is 4.39 Å². The van der Waals surface area contributed by atoms with Gasteiger partial charge in [0.25, 0.3) is 5.69 Å². The molecule has 1 saturated heterocycles. The highest BCUT2D eigenvalue weighted by molar-refractivity contribution is 5.51. The predicted octanol–water partition coefficient (Wildman–Crippen LogP) is 2.07. The summed E-state index contributed by atoms with van der Waals surface area (Å²) in [6.45, 7) is 1.93. The maximum Gasteiger partial charge on any atom is 0.269 e. The average Bonchev–Trinajstić information content (AvgIpc) is 2.87. The number of nitro benzene ring substituents is 1. The maximum atomic E-state index is 12.3. The van der Waals surface area contributed by atoms with Crippen LogP contribution in [-0.2, 0) is 0 Å². The summed E-state index contributed by atoms with van der Waals surface area (Å²) >= 11 is 0. The van der Waals surface area contributed by atoms with E-state index in [2.05, 4.69) is 9.80 Å². The SMILES string of the molecule is CN(c1ccc([N+](=O)[O-])cc1)[C@H]1CCN(CCF)C1. The minimum absolute atomic E-state index is 0.0997. The van der Waals surface area contributed by atoms with E-state index in [-0.39, 0.29) is 12.4 Å². The Bertz CT molecular complexity index is 438. The van der Waals surface area contributed by atoms with Crippen LogP contribution in [0.5, 0.6) is 0 Å². The van der Waals surface area contributed by atoms with Crippen molar-refractivity contribution < 1.29 is 9.31 Å². The molecule has 0 saturated carbocycles. The average molecular weight is 267 g/mol. The van der Waals surface area contributed by atoms with E-state index in [0.29, 0.717) is 12.6 Å². The molecule has 0 aromatic heterocycles. The lowest BCUT2D eigenvalue weighted by atomic mass is 10.2. The summed E-state index contributed by atoms with van der Waals surface area (Å²) in [5.74, 6) is 0. The Kier molecular flexibility index (Phi) is 4.31. The molecule has 0 bridgehead atoms. The van der Waals surface area contributed by atoms with Gasteiger partial charge in [0.2, 0.25) is 0 Å². The van der Waals surface area contributed by atoms with Gasteiger partial charge in [0.15, 0.2) is 0 Å². The quantitative estimate of drug-likeness (QED) is 0.605. The van der Waals surface area contributed by atoms with Crippen molar-refractivity contribution in [3.05, 3.63) is 34.4 Å². The number of nitro groups is 1. The van der Waals surface area contributed by atoms with Crippen molar-refractivity contribution in [3.8, 4) is 0 Å². The molecule has 19 heavy (non-hydrogen) atoms. The Labute approximate surface area is 111 Å². The Balaban J connectivity index is 2.00. The van der Waals surface area contributed by atoms with Crippen molar-refractivity contribution in [1.82, 2.24) is 4.90 Å². The van der Waals surface area contributed by atoms with Gasteiger partial charge in [-0.3, -0.25) is 15.0 Å². The fourth-order valence-electron chi connectivity index (χ4n) is 2.47. The lowest BCUT2D eigenvalue weighted by molar-refractivity contribution is -0.384. The van der Waals surface area contributed by atoms with E-state index in [9.17, 15) is 14.5 Å². The van der Waals surface area contributed by atoms with Crippen molar-refractivity contribution in [3.63, 3.8) is 0 Å². The van der Waals surface area contributed by atoms with Crippen LogP contribution in [0.2, 0.25) is 0 Å². The van der Waals surface area contributed by atoms with E-state index < -0.39 is 4.92 Å². The Morgan fingerprint density at radius 3 is 2.74 bits per heavy atom. The third-order valence-electron chi connectivity index (χ3n) is 3.66. The Morgan fingerprint density at radius 2 is 2.16 bits per heavy atom. The van der Waals surface area contributed by atoms with Crippen LogP contribution in [0.15, 0.2) is 24.3 Å². The molecule has 0 N–H and O–H groups in total. The summed E-state index contributed by atoms with van der Waals surface area (Å²) in [5, 5.41) is 10.6. The number of hydrogen-bond donors (Lipinski definition) is 0. The minimum atomic E-state index is -0.400. The first kappa shape index (κ1) is 13.7. The number of likely N-dealkylation sites (tertiary alicyclic amines) is 1. The van der Waals surface area contributed by atoms with E-state index in [1.54, 1.807) is 12.1 Å². The third-order valence-corrected chi connectivity index (χ3v) is 3.66. The first-order chi connectivity index (χ1) is 9.11. The monoisotopic (exact) mass is 267 g/mol. The van der Waals surface area contributed by atoms with E-state index in [1.807, 2.05) is 7.05 Å². The van der Waals surface area contributed by atoms with Crippen molar-refractivity contribution in [2.45, 2.75) is 12.5 Å². The largest absolute Gasteiger partial charge is 0.370 e. The second-order valence-corrected chi connectivity index (χ2v) is 4.82. The first-order valence-corrected chi connectivity index (χ1v) is 6.37. The van der Waals surface area contributed by atoms with Crippen molar-refractivity contribution >= 4 is 11.4 Å². The molecule has 1 aromatic rings. The fourth-order valence-corrected chi connectivity index (χ4v) is 2.47. The molecule has 2 rings (SSSR count). The molecule has 1 fully saturated rings. The Morgan fingerprint density at radius 1 is 1.47 bits per heavy atom. The molecule has 0 unspecified atom stereocenters. The maximum absolute atomic E-state index is 12.3. The molecule has 0 aliphatic carbocycles. The smallest absolute Gasteiger partial charge is 0.269 e. The molecule has 6 heteroatoms. The zero-order chi connectivity index (χ0) is 13.8. The van der Waals surface area contributed by atoms with Crippen LogP contribution in [0, 0.1) is 10.1 Å². The van der Waals surface area contributed by atoms with E-state index in [0.717, 1.165) is 25.2 Å². The second-order valence-electron chi connectivity index (χ2n) is 4.82. The molecule has 104 valence electrons. The second kappa shape index (κ2) is 5.97. The van der Waals surface area contributed by atoms with Gasteiger partial charge >= 0.3 is 0 Å². The molecular weight excluding hydrogens is 249 g/mol. The van der Waals surface area contributed by atoms with E-state index in [4.69, 9.17) is 0 Å². The summed E-state index contributed by atoms with van der Waals surface area (Å²) in [6, 6.07) is 6.89. The van der Waals surface area contributed by atoms with E-state index in [1.165, 1.54) is 12.1 Å². The number of likely N-dealkylation sites (N-methyl/N-ethyl adjacent to an activating group) is 1. The minimum Gasteiger partial charge on any atom is -0.370 e. The van der Waals surface area contributed by atoms with Crippen molar-refractivity contribution in [1.29, 1.82) is 0 Å². The van der Waals surface area contributed by atoms with Crippen molar-refractivity contribution in [2.75, 3.05) is 38.3 Å². The summed E-state index contributed by atoms with van der Waals surface area (Å²) in [4.78, 5) is 14.4. The van der Waals surface area contributed by atoms with Gasteiger partial charge in [-0.05, 0) is 18.6 Å². The number of alkyl halides is 1. The topological polar surface area (TPSA) is 49.6 Å². The van der Waals surface area contributed by atoms with Crippen LogP contribution in [0.1, 0.15) is 6.42 Å². The van der Waals surface area contributed by atoms with Crippen LogP contribution in [0.4, 0.5) is 15.8 Å². The van der Waals surface area contributed by atoms with Gasteiger partial charge < -0.3 is 4.90 Å². The number of anilines is 1. The number of benzene rings is 1. The van der Waals surface area contributed by atoms with Crippen LogP contribution in [0.3, 0.4) is 0 Å². The van der Waals surface area contributed by atoms with Crippen LogP contribution in [-0.4, -0.2) is 49.2 Å². The van der Waals surface area contributed by atoms with Gasteiger partial charge in [0.1, 0.15) is 6.67 Å². The first-order valence-electron chi connectivity index (χ1n) is 6.37. The highest BCUT2D eigenvalue weighted by atomic mass is 19.1. The van der Waals surface area contributed by atoms with Crippen LogP contribution in [0.25, 0.3) is 0 Å². The van der Waals surface area contributed by atoms with Gasteiger partial charge in [0.05, 0.1) is 4.92 Å². The molecule has 0 amide bonds. The molecule has 1 aliphatic rings. The van der Waals surface area contributed by atoms with Crippen LogP contribution < -0.4 is 4.90 Å². The van der Waals surface area contributed by atoms with E-state index >= 15 is 0 Å². The third kappa shape index (κ3) is 3.20.